The Kier molecular flexibility index (Phi) is 11.0. The van der Waals surface area contributed by atoms with E-state index in [2.05, 4.69) is 5.32 Å². The fourth-order valence-electron chi connectivity index (χ4n) is 4.35. The Morgan fingerprint density at radius 2 is 1.50 bits per heavy atom. The van der Waals surface area contributed by atoms with Gasteiger partial charge in [0.05, 0.1) is 18.9 Å². The minimum Gasteiger partial charge on any atom is -0.466 e. The van der Waals surface area contributed by atoms with Crippen LogP contribution < -0.4 is 5.32 Å². The molecule has 2 unspecified atom stereocenters. The SMILES string of the molecule is CCCCOC(=O)CC(Cc1ccc2ccccc2c1)C(=O)NC(C(=O)C(=O)OCc1ccccc1)C(C)(C)C. The molecular weight excluding hydrogens is 506 g/mol. The average Bonchev–Trinajstić information content (AvgIpc) is 2.93. The number of unbranched alkanes of at least 4 members (excludes halogenated alkanes) is 1. The van der Waals surface area contributed by atoms with Crippen molar-refractivity contribution in [1.29, 1.82) is 0 Å². The molecule has 1 amide bonds. The van der Waals surface area contributed by atoms with E-state index >= 15 is 0 Å². The first-order chi connectivity index (χ1) is 19.1. The lowest BCUT2D eigenvalue weighted by Crippen LogP contribution is -2.53. The highest BCUT2D eigenvalue weighted by atomic mass is 16.5. The van der Waals surface area contributed by atoms with Crippen LogP contribution in [-0.2, 0) is 41.7 Å². The highest BCUT2D eigenvalue weighted by molar-refractivity contribution is 6.36. The van der Waals surface area contributed by atoms with Gasteiger partial charge in [0.25, 0.3) is 5.78 Å². The van der Waals surface area contributed by atoms with Gasteiger partial charge in [-0.05, 0) is 40.2 Å². The zero-order valence-corrected chi connectivity index (χ0v) is 23.8. The van der Waals surface area contributed by atoms with Crippen LogP contribution in [0.3, 0.4) is 0 Å². The van der Waals surface area contributed by atoms with Crippen LogP contribution in [0.1, 0.15) is 58.1 Å². The van der Waals surface area contributed by atoms with Crippen molar-refractivity contribution in [2.24, 2.45) is 11.3 Å². The summed E-state index contributed by atoms with van der Waals surface area (Å²) >= 11 is 0. The van der Waals surface area contributed by atoms with Gasteiger partial charge in [-0.1, -0.05) is 107 Å². The first-order valence-corrected chi connectivity index (χ1v) is 13.8. The lowest BCUT2D eigenvalue weighted by atomic mass is 9.83. The topological polar surface area (TPSA) is 98.8 Å². The number of nitrogens with one attached hydrogen (secondary N) is 1. The molecule has 2 atom stereocenters. The molecule has 7 heteroatoms. The number of rotatable bonds is 13. The molecule has 0 spiro atoms. The molecule has 0 aliphatic carbocycles. The molecular formula is C33H39NO6. The monoisotopic (exact) mass is 545 g/mol. The number of carbonyl (C=O) groups is 4. The molecule has 3 aromatic carbocycles. The van der Waals surface area contributed by atoms with E-state index in [9.17, 15) is 19.2 Å². The molecule has 0 aromatic heterocycles. The minimum atomic E-state index is -1.14. The second-order valence-electron chi connectivity index (χ2n) is 11.1. The maximum absolute atomic E-state index is 13.6. The third-order valence-corrected chi connectivity index (χ3v) is 6.67. The third kappa shape index (κ3) is 9.04. The van der Waals surface area contributed by atoms with Gasteiger partial charge in [-0.15, -0.1) is 0 Å². The van der Waals surface area contributed by atoms with E-state index in [1.54, 1.807) is 32.9 Å². The van der Waals surface area contributed by atoms with Crippen molar-refractivity contribution >= 4 is 34.4 Å². The quantitative estimate of drug-likeness (QED) is 0.171. The third-order valence-electron chi connectivity index (χ3n) is 6.67. The van der Waals surface area contributed by atoms with Crippen LogP contribution in [0, 0.1) is 11.3 Å². The number of ether oxygens (including phenoxy) is 2. The number of benzene rings is 3. The Bertz CT molecular complexity index is 1310. The van der Waals surface area contributed by atoms with Gasteiger partial charge in [0.15, 0.2) is 0 Å². The van der Waals surface area contributed by atoms with Gasteiger partial charge in [0, 0.05) is 0 Å². The van der Waals surface area contributed by atoms with Gasteiger partial charge in [0.1, 0.15) is 12.6 Å². The molecule has 3 rings (SSSR count). The fourth-order valence-corrected chi connectivity index (χ4v) is 4.35. The largest absolute Gasteiger partial charge is 0.466 e. The number of Topliss-reactive ketones (excluding diaryl/α,β-unsaturated/α-hetero) is 1. The minimum absolute atomic E-state index is 0.0512. The van der Waals surface area contributed by atoms with Gasteiger partial charge >= 0.3 is 11.9 Å². The zero-order valence-electron chi connectivity index (χ0n) is 23.8. The summed E-state index contributed by atoms with van der Waals surface area (Å²) in [6.07, 6.45) is 1.73. The summed E-state index contributed by atoms with van der Waals surface area (Å²) in [5, 5.41) is 4.86. The van der Waals surface area contributed by atoms with Crippen molar-refractivity contribution in [3.8, 4) is 0 Å². The van der Waals surface area contributed by atoms with E-state index in [4.69, 9.17) is 9.47 Å². The van der Waals surface area contributed by atoms with Gasteiger partial charge in [-0.3, -0.25) is 14.4 Å². The highest BCUT2D eigenvalue weighted by Crippen LogP contribution is 2.24. The molecule has 212 valence electrons. The maximum Gasteiger partial charge on any atom is 0.377 e. The lowest BCUT2D eigenvalue weighted by Gasteiger charge is -2.31. The normalized spacial score (nSPS) is 12.8. The number of amides is 1. The van der Waals surface area contributed by atoms with E-state index in [0.717, 1.165) is 34.7 Å². The fraction of sp³-hybridized carbons (Fsp3) is 0.394. The Balaban J connectivity index is 1.77. The molecule has 0 heterocycles. The predicted octanol–water partition coefficient (Wildman–Crippen LogP) is 5.58. The van der Waals surface area contributed by atoms with Crippen LogP contribution in [0.25, 0.3) is 10.8 Å². The molecule has 0 saturated carbocycles. The zero-order chi connectivity index (χ0) is 29.1. The first kappa shape index (κ1) is 30.5. The van der Waals surface area contributed by atoms with Gasteiger partial charge in [0.2, 0.25) is 5.91 Å². The second kappa shape index (κ2) is 14.4. The van der Waals surface area contributed by atoms with Crippen LogP contribution in [0.4, 0.5) is 0 Å². The average molecular weight is 546 g/mol. The summed E-state index contributed by atoms with van der Waals surface area (Å²) in [6.45, 7) is 7.52. The van der Waals surface area contributed by atoms with Crippen LogP contribution in [0.5, 0.6) is 0 Å². The Labute approximate surface area is 236 Å². The maximum atomic E-state index is 13.6. The second-order valence-corrected chi connectivity index (χ2v) is 11.1. The molecule has 3 aromatic rings. The predicted molar refractivity (Wildman–Crippen MR) is 154 cm³/mol. The number of esters is 2. The van der Waals surface area contributed by atoms with Crippen molar-refractivity contribution in [3.05, 3.63) is 83.9 Å². The molecule has 0 aliphatic heterocycles. The van der Waals surface area contributed by atoms with Crippen LogP contribution in [-0.4, -0.2) is 36.3 Å². The Morgan fingerprint density at radius 1 is 0.825 bits per heavy atom. The molecule has 0 bridgehead atoms. The Hall–Kier alpha value is -4.00. The number of ketones is 1. The smallest absolute Gasteiger partial charge is 0.377 e. The highest BCUT2D eigenvalue weighted by Gasteiger charge is 2.39. The van der Waals surface area contributed by atoms with Crippen molar-refractivity contribution < 1.29 is 28.7 Å². The van der Waals surface area contributed by atoms with E-state index in [1.165, 1.54) is 0 Å². The summed E-state index contributed by atoms with van der Waals surface area (Å²) in [5.41, 5.74) is 0.839. The van der Waals surface area contributed by atoms with Crippen LogP contribution >= 0.6 is 0 Å². The summed E-state index contributed by atoms with van der Waals surface area (Å²) in [6, 6.07) is 21.7. The van der Waals surface area contributed by atoms with Crippen LogP contribution in [0.15, 0.2) is 72.8 Å². The van der Waals surface area contributed by atoms with Crippen molar-refractivity contribution in [3.63, 3.8) is 0 Å². The molecule has 40 heavy (non-hydrogen) atoms. The molecule has 0 radical (unpaired) electrons. The molecule has 0 aliphatic rings. The van der Waals surface area contributed by atoms with Crippen molar-refractivity contribution in [2.45, 2.75) is 66.0 Å². The van der Waals surface area contributed by atoms with Gasteiger partial charge < -0.3 is 14.8 Å². The summed E-state index contributed by atoms with van der Waals surface area (Å²) in [4.78, 5) is 52.1. The lowest BCUT2D eigenvalue weighted by molar-refractivity contribution is -0.157. The summed E-state index contributed by atoms with van der Waals surface area (Å²) in [5.74, 6) is -3.63. The first-order valence-electron chi connectivity index (χ1n) is 13.8. The standard InChI is InChI=1S/C33H39NO6/c1-5-6-18-39-28(35)21-27(20-24-16-17-25-14-10-11-15-26(25)19-24)31(37)34-30(33(2,3)4)29(36)32(38)40-22-23-12-8-7-9-13-23/h7-17,19,27,30H,5-6,18,20-22H2,1-4H3,(H,34,37). The van der Waals surface area contributed by atoms with Crippen LogP contribution in [0.2, 0.25) is 0 Å². The number of hydrogen-bond donors (Lipinski definition) is 1. The van der Waals surface area contributed by atoms with Crippen molar-refractivity contribution in [1.82, 2.24) is 5.32 Å². The molecule has 0 saturated heterocycles. The molecule has 7 nitrogen and oxygen atoms in total. The summed E-state index contributed by atoms with van der Waals surface area (Å²) in [7, 11) is 0. The number of hydrogen-bond acceptors (Lipinski definition) is 6. The van der Waals surface area contributed by atoms with Crippen molar-refractivity contribution in [2.75, 3.05) is 6.61 Å². The van der Waals surface area contributed by atoms with E-state index in [-0.39, 0.29) is 26.1 Å². The molecule has 0 fully saturated rings. The van der Waals surface area contributed by atoms with Gasteiger partial charge in [-0.2, -0.15) is 0 Å². The molecule has 1 N–H and O–H groups in total. The number of carbonyl (C=O) groups excluding carboxylic acids is 4. The number of fused-ring (bicyclic) bond motifs is 1. The Morgan fingerprint density at radius 3 is 2.17 bits per heavy atom. The van der Waals surface area contributed by atoms with E-state index in [1.807, 2.05) is 67.6 Å². The van der Waals surface area contributed by atoms with E-state index in [0.29, 0.717) is 0 Å². The summed E-state index contributed by atoms with van der Waals surface area (Å²) < 4.78 is 10.6. The van der Waals surface area contributed by atoms with E-state index < -0.39 is 41.0 Å². The van der Waals surface area contributed by atoms with Gasteiger partial charge in [-0.25, -0.2) is 4.79 Å².